The third kappa shape index (κ3) is 3.15. The van der Waals surface area contributed by atoms with E-state index < -0.39 is 11.9 Å². The molecule has 2 amide bonds. The number of rotatable bonds is 6. The SMILES string of the molecule is CN(CCNC(=O)NC1C2CCC(C2)C1C(=O)O)C1CC1. The molecule has 3 fully saturated rings. The summed E-state index contributed by atoms with van der Waals surface area (Å²) in [6.07, 6.45) is 5.51. The zero-order valence-corrected chi connectivity index (χ0v) is 12.5. The second-order valence-corrected chi connectivity index (χ2v) is 6.84. The predicted octanol–water partition coefficient (Wildman–Crippen LogP) is 0.879. The van der Waals surface area contributed by atoms with Crippen LogP contribution in [0.4, 0.5) is 4.79 Å². The lowest BCUT2D eigenvalue weighted by atomic mass is 9.84. The van der Waals surface area contributed by atoms with Crippen LogP contribution in [0.3, 0.4) is 0 Å². The van der Waals surface area contributed by atoms with Crippen molar-refractivity contribution in [2.45, 2.75) is 44.2 Å². The molecule has 0 radical (unpaired) electrons. The van der Waals surface area contributed by atoms with Crippen LogP contribution in [0.1, 0.15) is 32.1 Å². The van der Waals surface area contributed by atoms with E-state index in [2.05, 4.69) is 22.6 Å². The summed E-state index contributed by atoms with van der Waals surface area (Å²) in [5, 5.41) is 15.1. The van der Waals surface area contributed by atoms with Crippen LogP contribution >= 0.6 is 0 Å². The molecule has 21 heavy (non-hydrogen) atoms. The number of nitrogens with zero attached hydrogens (tertiary/aromatic N) is 1. The molecule has 0 saturated heterocycles. The summed E-state index contributed by atoms with van der Waals surface area (Å²) >= 11 is 0. The molecule has 4 unspecified atom stereocenters. The molecule has 0 aromatic rings. The van der Waals surface area contributed by atoms with Gasteiger partial charge in [0.25, 0.3) is 0 Å². The molecule has 0 spiro atoms. The van der Waals surface area contributed by atoms with Crippen molar-refractivity contribution in [3.05, 3.63) is 0 Å². The first-order valence-electron chi connectivity index (χ1n) is 8.03. The molecule has 0 heterocycles. The molecule has 3 N–H and O–H groups in total. The first kappa shape index (κ1) is 14.6. The second kappa shape index (κ2) is 5.83. The molecule has 4 atom stereocenters. The average Bonchev–Trinajstić information content (AvgIpc) is 3.10. The van der Waals surface area contributed by atoms with Gasteiger partial charge in [-0.05, 0) is 51.0 Å². The summed E-state index contributed by atoms with van der Waals surface area (Å²) in [7, 11) is 2.08. The van der Waals surface area contributed by atoms with E-state index in [-0.39, 0.29) is 18.0 Å². The summed E-state index contributed by atoms with van der Waals surface area (Å²) in [5.41, 5.74) is 0. The number of nitrogens with one attached hydrogen (secondary N) is 2. The standard InChI is InChI=1S/C15H25N3O3/c1-18(11-4-5-11)7-6-16-15(21)17-13-10-3-2-9(8-10)12(13)14(19)20/h9-13H,2-8H2,1H3,(H,19,20)(H2,16,17,21). The average molecular weight is 295 g/mol. The van der Waals surface area contributed by atoms with Gasteiger partial charge < -0.3 is 20.6 Å². The lowest BCUT2D eigenvalue weighted by molar-refractivity contribution is -0.144. The predicted molar refractivity (Wildman–Crippen MR) is 77.9 cm³/mol. The van der Waals surface area contributed by atoms with Gasteiger partial charge in [0.1, 0.15) is 0 Å². The summed E-state index contributed by atoms with van der Waals surface area (Å²) in [6, 6.07) is 0.280. The Labute approximate surface area is 125 Å². The zero-order chi connectivity index (χ0) is 15.0. The molecule has 3 aliphatic carbocycles. The van der Waals surface area contributed by atoms with Crippen LogP contribution in [0.25, 0.3) is 0 Å². The van der Waals surface area contributed by atoms with Gasteiger partial charge in [-0.25, -0.2) is 4.79 Å². The summed E-state index contributed by atoms with van der Waals surface area (Å²) in [6.45, 7) is 1.45. The van der Waals surface area contributed by atoms with E-state index in [1.807, 2.05) is 0 Å². The fourth-order valence-electron chi connectivity index (χ4n) is 4.10. The number of carbonyl (C=O) groups is 2. The fraction of sp³-hybridized carbons (Fsp3) is 0.867. The summed E-state index contributed by atoms with van der Waals surface area (Å²) in [5.74, 6) is -0.570. The Kier molecular flexibility index (Phi) is 4.06. The molecule has 3 aliphatic rings. The monoisotopic (exact) mass is 295 g/mol. The summed E-state index contributed by atoms with van der Waals surface area (Å²) < 4.78 is 0. The van der Waals surface area contributed by atoms with Crippen molar-refractivity contribution < 1.29 is 14.7 Å². The molecular weight excluding hydrogens is 270 g/mol. The third-order valence-corrected chi connectivity index (χ3v) is 5.42. The van der Waals surface area contributed by atoms with Crippen molar-refractivity contribution in [1.82, 2.24) is 15.5 Å². The number of aliphatic carboxylic acids is 1. The van der Waals surface area contributed by atoms with Gasteiger partial charge in [-0.3, -0.25) is 4.79 Å². The van der Waals surface area contributed by atoms with Gasteiger partial charge in [-0.15, -0.1) is 0 Å². The van der Waals surface area contributed by atoms with Crippen molar-refractivity contribution in [2.75, 3.05) is 20.1 Å². The van der Waals surface area contributed by atoms with Crippen LogP contribution in [0, 0.1) is 17.8 Å². The van der Waals surface area contributed by atoms with Crippen molar-refractivity contribution in [1.29, 1.82) is 0 Å². The number of carboxylic acids is 1. The first-order chi connectivity index (χ1) is 10.1. The summed E-state index contributed by atoms with van der Waals surface area (Å²) in [4.78, 5) is 25.6. The van der Waals surface area contributed by atoms with Gasteiger partial charge in [-0.2, -0.15) is 0 Å². The molecule has 6 nitrogen and oxygen atoms in total. The van der Waals surface area contributed by atoms with Crippen LogP contribution < -0.4 is 10.6 Å². The molecule has 0 aliphatic heterocycles. The highest BCUT2D eigenvalue weighted by atomic mass is 16.4. The van der Waals surface area contributed by atoms with E-state index >= 15 is 0 Å². The normalized spacial score (nSPS) is 34.2. The fourth-order valence-corrected chi connectivity index (χ4v) is 4.10. The molecule has 3 rings (SSSR count). The lowest BCUT2D eigenvalue weighted by Gasteiger charge is -2.29. The van der Waals surface area contributed by atoms with E-state index in [0.717, 1.165) is 25.8 Å². The van der Waals surface area contributed by atoms with Gasteiger partial charge in [0, 0.05) is 25.2 Å². The van der Waals surface area contributed by atoms with Crippen LogP contribution in [-0.2, 0) is 4.79 Å². The highest BCUT2D eigenvalue weighted by Crippen LogP contribution is 2.48. The smallest absolute Gasteiger partial charge is 0.315 e. The number of hydrogen-bond acceptors (Lipinski definition) is 3. The molecular formula is C15H25N3O3. The molecule has 2 bridgehead atoms. The highest BCUT2D eigenvalue weighted by Gasteiger charge is 2.51. The maximum Gasteiger partial charge on any atom is 0.315 e. The van der Waals surface area contributed by atoms with Crippen LogP contribution in [0.2, 0.25) is 0 Å². The molecule has 0 aromatic carbocycles. The second-order valence-electron chi connectivity index (χ2n) is 6.84. The number of hydrogen-bond donors (Lipinski definition) is 3. The van der Waals surface area contributed by atoms with Crippen LogP contribution in [-0.4, -0.2) is 54.2 Å². The largest absolute Gasteiger partial charge is 0.481 e. The Balaban J connectivity index is 1.44. The maximum atomic E-state index is 12.0. The van der Waals surface area contributed by atoms with Crippen LogP contribution in [0.5, 0.6) is 0 Å². The van der Waals surface area contributed by atoms with Gasteiger partial charge in [0.2, 0.25) is 0 Å². The zero-order valence-electron chi connectivity index (χ0n) is 12.5. The Morgan fingerprint density at radius 3 is 2.57 bits per heavy atom. The van der Waals surface area contributed by atoms with E-state index in [1.165, 1.54) is 12.8 Å². The van der Waals surface area contributed by atoms with Crippen LogP contribution in [0.15, 0.2) is 0 Å². The first-order valence-corrected chi connectivity index (χ1v) is 8.03. The Morgan fingerprint density at radius 1 is 1.19 bits per heavy atom. The van der Waals surface area contributed by atoms with Crippen molar-refractivity contribution >= 4 is 12.0 Å². The minimum Gasteiger partial charge on any atom is -0.481 e. The van der Waals surface area contributed by atoms with Gasteiger partial charge in [0.05, 0.1) is 5.92 Å². The molecule has 6 heteroatoms. The molecule has 118 valence electrons. The maximum absolute atomic E-state index is 12.0. The van der Waals surface area contributed by atoms with E-state index in [4.69, 9.17) is 0 Å². The Bertz CT molecular complexity index is 424. The lowest BCUT2D eigenvalue weighted by Crippen LogP contribution is -2.51. The number of fused-ring (bicyclic) bond motifs is 2. The highest BCUT2D eigenvalue weighted by molar-refractivity contribution is 5.77. The number of amides is 2. The number of urea groups is 1. The van der Waals surface area contributed by atoms with Gasteiger partial charge in [-0.1, -0.05) is 0 Å². The Morgan fingerprint density at radius 2 is 1.90 bits per heavy atom. The topological polar surface area (TPSA) is 81.7 Å². The molecule has 3 saturated carbocycles. The van der Waals surface area contributed by atoms with Crippen molar-refractivity contribution in [3.63, 3.8) is 0 Å². The Hall–Kier alpha value is -1.30. The van der Waals surface area contributed by atoms with Crippen molar-refractivity contribution in [3.8, 4) is 0 Å². The van der Waals surface area contributed by atoms with Crippen molar-refractivity contribution in [2.24, 2.45) is 17.8 Å². The number of carboxylic acid groups (broad SMARTS) is 1. The van der Waals surface area contributed by atoms with E-state index in [1.54, 1.807) is 0 Å². The minimum atomic E-state index is -0.763. The quantitative estimate of drug-likeness (QED) is 0.679. The number of carbonyl (C=O) groups excluding carboxylic acids is 1. The third-order valence-electron chi connectivity index (χ3n) is 5.42. The van der Waals surface area contributed by atoms with E-state index in [0.29, 0.717) is 18.5 Å². The van der Waals surface area contributed by atoms with Gasteiger partial charge >= 0.3 is 12.0 Å². The van der Waals surface area contributed by atoms with E-state index in [9.17, 15) is 14.7 Å². The number of likely N-dealkylation sites (N-methyl/N-ethyl adjacent to an activating group) is 1. The van der Waals surface area contributed by atoms with Gasteiger partial charge in [0.15, 0.2) is 0 Å². The minimum absolute atomic E-state index is 0.192. The molecule has 0 aromatic heterocycles.